The van der Waals surface area contributed by atoms with Crippen molar-refractivity contribution in [3.63, 3.8) is 0 Å². The first-order valence-electron chi connectivity index (χ1n) is 18.1. The third kappa shape index (κ3) is 8.34. The Kier molecular flexibility index (Phi) is 11.7. The summed E-state index contributed by atoms with van der Waals surface area (Å²) in [5, 5.41) is 3.66. The van der Waals surface area contributed by atoms with E-state index in [1.54, 1.807) is 0 Å². The molecule has 0 amide bonds. The predicted octanol–water partition coefficient (Wildman–Crippen LogP) is 12.5. The number of hydrogen-bond acceptors (Lipinski definition) is 3. The standard InChI is InChI=1S/C31H22NO.C17H22NSi.Ir/c1-21(22-9-4-2-5-10-22)24-17-18-32-29(20-24)27-14-8-13-26-28-19-25(23-11-6-3-7-12-23)15-16-30(28)33-31(26)27;1-13(2)15-11-16(14-9-7-6-8-10-14)18-12-17(15)19(3,4)5;/h2-13,15-21H,1H3;6-9,11-13H,1-5H3;/q2*-1;. The van der Waals surface area contributed by atoms with Gasteiger partial charge in [-0.3, -0.25) is 0 Å². The van der Waals surface area contributed by atoms with Crippen LogP contribution in [0.3, 0.4) is 0 Å². The van der Waals surface area contributed by atoms with E-state index >= 15 is 0 Å². The van der Waals surface area contributed by atoms with E-state index in [4.69, 9.17) is 4.42 Å². The molecule has 8 rings (SSSR count). The zero-order chi connectivity index (χ0) is 36.2. The molecular weight excluding hydrogens is 841 g/mol. The van der Waals surface area contributed by atoms with Crippen molar-refractivity contribution in [2.75, 3.05) is 0 Å². The van der Waals surface area contributed by atoms with Gasteiger partial charge in [-0.15, -0.1) is 54.1 Å². The van der Waals surface area contributed by atoms with Gasteiger partial charge in [0.15, 0.2) is 0 Å². The number of nitrogens with zero attached hydrogens (tertiary/aromatic N) is 2. The number of pyridine rings is 2. The average Bonchev–Trinajstić information content (AvgIpc) is 3.56. The van der Waals surface area contributed by atoms with Crippen LogP contribution in [0.4, 0.5) is 0 Å². The summed E-state index contributed by atoms with van der Waals surface area (Å²) in [5.41, 5.74) is 11.9. The molecule has 0 N–H and O–H groups in total. The van der Waals surface area contributed by atoms with Gasteiger partial charge < -0.3 is 14.4 Å². The summed E-state index contributed by atoms with van der Waals surface area (Å²) in [6.07, 6.45) is 3.98. The number of furan rings is 1. The van der Waals surface area contributed by atoms with Crippen LogP contribution in [-0.2, 0) is 20.1 Å². The van der Waals surface area contributed by atoms with Crippen molar-refractivity contribution in [3.05, 3.63) is 175 Å². The largest absolute Gasteiger partial charge is 0.501 e. The van der Waals surface area contributed by atoms with Crippen LogP contribution in [0.25, 0.3) is 55.6 Å². The van der Waals surface area contributed by atoms with Gasteiger partial charge in [0.25, 0.3) is 0 Å². The number of aromatic nitrogens is 2. The molecule has 0 aliphatic carbocycles. The van der Waals surface area contributed by atoms with Crippen molar-refractivity contribution >= 4 is 35.2 Å². The Morgan fingerprint density at radius 3 is 2.06 bits per heavy atom. The summed E-state index contributed by atoms with van der Waals surface area (Å²) >= 11 is 0. The van der Waals surface area contributed by atoms with Gasteiger partial charge in [-0.05, 0) is 62.9 Å². The maximum Gasteiger partial charge on any atom is 0.120 e. The molecule has 0 spiro atoms. The fraction of sp³-hybridized carbons (Fsp3) is 0.167. The SMILES string of the molecule is CC(C)c1cc(-c2[c-]cccc2)ncc1[Si](C)(C)C.CC(c1ccccc1)c1ccnc(-c2[c-]ccc3c2oc2ccc(-c4ccccc4)cc23)c1.[Ir]. The van der Waals surface area contributed by atoms with Gasteiger partial charge in [0.05, 0.1) is 13.7 Å². The molecule has 3 aromatic heterocycles. The maximum atomic E-state index is 6.34. The minimum atomic E-state index is -1.34. The molecule has 3 nitrogen and oxygen atoms in total. The van der Waals surface area contributed by atoms with Crippen molar-refractivity contribution < 1.29 is 24.5 Å². The zero-order valence-corrected chi connectivity index (χ0v) is 34.5. The predicted molar refractivity (Wildman–Crippen MR) is 221 cm³/mol. The van der Waals surface area contributed by atoms with E-state index in [1.165, 1.54) is 33.0 Å². The second-order valence-electron chi connectivity index (χ2n) is 14.7. The molecule has 0 aliphatic heterocycles. The number of fused-ring (bicyclic) bond motifs is 3. The molecule has 0 saturated heterocycles. The van der Waals surface area contributed by atoms with Crippen molar-refractivity contribution in [3.8, 4) is 33.6 Å². The first kappa shape index (κ1) is 37.8. The first-order chi connectivity index (χ1) is 25.2. The monoisotopic (exact) mass is 885 g/mol. The van der Waals surface area contributed by atoms with E-state index in [2.05, 4.69) is 172 Å². The summed E-state index contributed by atoms with van der Waals surface area (Å²) in [5.74, 6) is 0.809. The van der Waals surface area contributed by atoms with Gasteiger partial charge in [-0.2, -0.15) is 0 Å². The fourth-order valence-corrected chi connectivity index (χ4v) is 8.48. The van der Waals surface area contributed by atoms with Crippen molar-refractivity contribution in [2.24, 2.45) is 0 Å². The Hall–Kier alpha value is -4.93. The van der Waals surface area contributed by atoms with Gasteiger partial charge in [-0.25, -0.2) is 0 Å². The van der Waals surface area contributed by atoms with Gasteiger partial charge in [-0.1, -0.05) is 136 Å². The third-order valence-corrected chi connectivity index (χ3v) is 11.8. The minimum Gasteiger partial charge on any atom is -0.501 e. The van der Waals surface area contributed by atoms with E-state index in [0.29, 0.717) is 5.92 Å². The van der Waals surface area contributed by atoms with E-state index in [0.717, 1.165) is 44.5 Å². The Morgan fingerprint density at radius 1 is 0.623 bits per heavy atom. The van der Waals surface area contributed by atoms with Crippen LogP contribution in [-0.4, -0.2) is 18.0 Å². The number of hydrogen-bond donors (Lipinski definition) is 0. The van der Waals surface area contributed by atoms with Crippen LogP contribution < -0.4 is 5.19 Å². The molecule has 0 fully saturated rings. The molecule has 1 unspecified atom stereocenters. The molecule has 5 heteroatoms. The molecule has 3 heterocycles. The topological polar surface area (TPSA) is 38.9 Å². The maximum absolute atomic E-state index is 6.34. The van der Waals surface area contributed by atoms with Crippen molar-refractivity contribution in [2.45, 2.75) is 52.2 Å². The van der Waals surface area contributed by atoms with E-state index < -0.39 is 8.07 Å². The Morgan fingerprint density at radius 2 is 1.36 bits per heavy atom. The molecule has 53 heavy (non-hydrogen) atoms. The van der Waals surface area contributed by atoms with Gasteiger partial charge in [0, 0.05) is 43.8 Å². The summed E-state index contributed by atoms with van der Waals surface area (Å²) in [7, 11) is -1.34. The van der Waals surface area contributed by atoms with E-state index in [9.17, 15) is 0 Å². The van der Waals surface area contributed by atoms with Crippen LogP contribution in [0, 0.1) is 12.1 Å². The third-order valence-electron chi connectivity index (χ3n) is 9.73. The van der Waals surface area contributed by atoms with Crippen LogP contribution in [0.2, 0.25) is 19.6 Å². The first-order valence-corrected chi connectivity index (χ1v) is 21.6. The normalized spacial score (nSPS) is 11.9. The number of rotatable bonds is 7. The molecular formula is C48H44IrN2OSi-2. The Bertz CT molecular complexity index is 2430. The minimum absolute atomic E-state index is 0. The van der Waals surface area contributed by atoms with E-state index in [-0.39, 0.29) is 26.0 Å². The molecule has 1 atom stereocenters. The van der Waals surface area contributed by atoms with Gasteiger partial charge in [0.2, 0.25) is 0 Å². The van der Waals surface area contributed by atoms with Crippen LogP contribution in [0.5, 0.6) is 0 Å². The molecule has 5 aromatic carbocycles. The van der Waals surface area contributed by atoms with Crippen molar-refractivity contribution in [1.82, 2.24) is 9.97 Å². The quantitative estimate of drug-likeness (QED) is 0.118. The molecule has 1 radical (unpaired) electrons. The Labute approximate surface area is 328 Å². The molecule has 267 valence electrons. The van der Waals surface area contributed by atoms with Gasteiger partial charge >= 0.3 is 0 Å². The molecule has 8 aromatic rings. The van der Waals surface area contributed by atoms with Gasteiger partial charge in [0.1, 0.15) is 5.58 Å². The molecule has 0 aliphatic rings. The smallest absolute Gasteiger partial charge is 0.120 e. The fourth-order valence-electron chi connectivity index (χ4n) is 6.80. The second-order valence-corrected chi connectivity index (χ2v) is 19.8. The van der Waals surface area contributed by atoms with E-state index in [1.807, 2.05) is 36.5 Å². The Balaban J connectivity index is 0.000000206. The molecule has 0 bridgehead atoms. The van der Waals surface area contributed by atoms with Crippen LogP contribution in [0.1, 0.15) is 49.3 Å². The average molecular weight is 885 g/mol. The van der Waals surface area contributed by atoms with Crippen LogP contribution >= 0.6 is 0 Å². The van der Waals surface area contributed by atoms with Crippen LogP contribution in [0.15, 0.2) is 150 Å². The molecule has 0 saturated carbocycles. The summed E-state index contributed by atoms with van der Waals surface area (Å²) < 4.78 is 6.34. The number of benzene rings is 5. The van der Waals surface area contributed by atoms with Crippen molar-refractivity contribution in [1.29, 1.82) is 0 Å². The summed E-state index contributed by atoms with van der Waals surface area (Å²) in [6, 6.07) is 52.6. The second kappa shape index (κ2) is 16.4. The zero-order valence-electron chi connectivity index (χ0n) is 31.1. The summed E-state index contributed by atoms with van der Waals surface area (Å²) in [4.78, 5) is 9.34. The summed E-state index contributed by atoms with van der Waals surface area (Å²) in [6.45, 7) is 13.9.